The summed E-state index contributed by atoms with van der Waals surface area (Å²) in [6.45, 7) is 1.58. The van der Waals surface area contributed by atoms with Gasteiger partial charge in [-0.25, -0.2) is 0 Å². The Balaban J connectivity index is 2.38. The third-order valence-corrected chi connectivity index (χ3v) is 2.94. The minimum absolute atomic E-state index is 0.0980. The molecular weight excluding hydrogens is 264 g/mol. The summed E-state index contributed by atoms with van der Waals surface area (Å²) in [6.07, 6.45) is 0. The minimum atomic E-state index is 0.0980. The van der Waals surface area contributed by atoms with Gasteiger partial charge in [-0.15, -0.1) is 0 Å². The Morgan fingerprint density at radius 2 is 1.69 bits per heavy atom. The first kappa shape index (κ1) is 11.1. The number of carbonyl (C=O) groups excluding carboxylic acids is 1. The van der Waals surface area contributed by atoms with E-state index in [1.54, 1.807) is 6.92 Å². The molecule has 80 valence electrons. The molecular formula is C14H11BrO. The summed E-state index contributed by atoms with van der Waals surface area (Å²) >= 11 is 3.44. The molecule has 0 radical (unpaired) electrons. The number of hydrogen-bond acceptors (Lipinski definition) is 1. The number of carbonyl (C=O) groups is 1. The van der Waals surface area contributed by atoms with Gasteiger partial charge < -0.3 is 0 Å². The summed E-state index contributed by atoms with van der Waals surface area (Å²) in [5, 5.41) is 0. The van der Waals surface area contributed by atoms with Gasteiger partial charge in [0.05, 0.1) is 0 Å². The van der Waals surface area contributed by atoms with Crippen molar-refractivity contribution < 1.29 is 4.79 Å². The van der Waals surface area contributed by atoms with E-state index in [1.165, 1.54) is 0 Å². The molecule has 0 amide bonds. The molecule has 0 aliphatic heterocycles. The molecule has 2 heteroatoms. The molecule has 2 aromatic carbocycles. The molecule has 0 unspecified atom stereocenters. The number of Topliss-reactive ketones (excluding diaryl/α,β-unsaturated/α-hetero) is 1. The summed E-state index contributed by atoms with van der Waals surface area (Å²) < 4.78 is 1.06. The van der Waals surface area contributed by atoms with Crippen LogP contribution < -0.4 is 0 Å². The van der Waals surface area contributed by atoms with Crippen molar-refractivity contribution >= 4 is 21.7 Å². The Morgan fingerprint density at radius 1 is 1.00 bits per heavy atom. The van der Waals surface area contributed by atoms with Crippen molar-refractivity contribution in [2.45, 2.75) is 6.92 Å². The lowest BCUT2D eigenvalue weighted by Crippen LogP contribution is -1.90. The molecule has 16 heavy (non-hydrogen) atoms. The maximum absolute atomic E-state index is 11.1. The standard InChI is InChI=1S/C14H11BrO/c1-10(16)11-5-7-12(8-6-11)13-3-2-4-14(15)9-13/h2-9H,1H3. The van der Waals surface area contributed by atoms with Crippen LogP contribution in [0.3, 0.4) is 0 Å². The Bertz CT molecular complexity index is 515. The van der Waals surface area contributed by atoms with E-state index in [1.807, 2.05) is 42.5 Å². The maximum Gasteiger partial charge on any atom is 0.159 e. The van der Waals surface area contributed by atoms with Crippen molar-refractivity contribution in [3.63, 3.8) is 0 Å². The SMILES string of the molecule is CC(=O)c1ccc(-c2cccc(Br)c2)cc1. The highest BCUT2D eigenvalue weighted by molar-refractivity contribution is 9.10. The van der Waals surface area contributed by atoms with Gasteiger partial charge in [-0.1, -0.05) is 52.3 Å². The monoisotopic (exact) mass is 274 g/mol. The van der Waals surface area contributed by atoms with E-state index in [9.17, 15) is 4.79 Å². The van der Waals surface area contributed by atoms with Gasteiger partial charge in [-0.3, -0.25) is 4.79 Å². The second-order valence-corrected chi connectivity index (χ2v) is 4.56. The van der Waals surface area contributed by atoms with Crippen LogP contribution in [0.4, 0.5) is 0 Å². The van der Waals surface area contributed by atoms with Gasteiger partial charge in [-0.05, 0) is 30.2 Å². The van der Waals surface area contributed by atoms with Gasteiger partial charge in [0.15, 0.2) is 5.78 Å². The van der Waals surface area contributed by atoms with Crippen LogP contribution in [0, 0.1) is 0 Å². The number of halogens is 1. The van der Waals surface area contributed by atoms with Gasteiger partial charge in [0, 0.05) is 10.0 Å². The summed E-state index contributed by atoms with van der Waals surface area (Å²) in [5.41, 5.74) is 3.01. The quantitative estimate of drug-likeness (QED) is 0.746. The summed E-state index contributed by atoms with van der Waals surface area (Å²) in [7, 11) is 0. The van der Waals surface area contributed by atoms with E-state index in [4.69, 9.17) is 0 Å². The lowest BCUT2D eigenvalue weighted by Gasteiger charge is -2.03. The number of hydrogen-bond donors (Lipinski definition) is 0. The Morgan fingerprint density at radius 3 is 2.25 bits per heavy atom. The molecule has 0 aliphatic rings. The van der Waals surface area contributed by atoms with Crippen LogP contribution in [-0.4, -0.2) is 5.78 Å². The van der Waals surface area contributed by atoms with Crippen LogP contribution in [0.5, 0.6) is 0 Å². The zero-order valence-corrected chi connectivity index (χ0v) is 10.5. The van der Waals surface area contributed by atoms with E-state index in [-0.39, 0.29) is 5.78 Å². The second-order valence-electron chi connectivity index (χ2n) is 3.64. The third-order valence-electron chi connectivity index (χ3n) is 2.45. The molecule has 0 spiro atoms. The molecule has 0 saturated heterocycles. The minimum Gasteiger partial charge on any atom is -0.295 e. The first-order valence-electron chi connectivity index (χ1n) is 5.04. The van der Waals surface area contributed by atoms with Crippen LogP contribution in [0.25, 0.3) is 11.1 Å². The molecule has 1 nitrogen and oxygen atoms in total. The summed E-state index contributed by atoms with van der Waals surface area (Å²) in [6, 6.07) is 15.8. The average Bonchev–Trinajstić information content (AvgIpc) is 2.29. The van der Waals surface area contributed by atoms with Crippen LogP contribution in [0.15, 0.2) is 53.0 Å². The molecule has 0 saturated carbocycles. The Hall–Kier alpha value is -1.41. The summed E-state index contributed by atoms with van der Waals surface area (Å²) in [4.78, 5) is 11.1. The smallest absolute Gasteiger partial charge is 0.159 e. The predicted octanol–water partition coefficient (Wildman–Crippen LogP) is 4.32. The van der Waals surface area contributed by atoms with Crippen molar-refractivity contribution in [2.24, 2.45) is 0 Å². The Kier molecular flexibility index (Phi) is 3.20. The number of rotatable bonds is 2. The molecule has 0 atom stereocenters. The van der Waals surface area contributed by atoms with Crippen LogP contribution in [0.1, 0.15) is 17.3 Å². The molecule has 0 fully saturated rings. The number of ketones is 1. The summed E-state index contributed by atoms with van der Waals surface area (Å²) in [5.74, 6) is 0.0980. The van der Waals surface area contributed by atoms with Crippen molar-refractivity contribution in [1.29, 1.82) is 0 Å². The fraction of sp³-hybridized carbons (Fsp3) is 0.0714. The van der Waals surface area contributed by atoms with E-state index in [2.05, 4.69) is 22.0 Å². The normalized spacial score (nSPS) is 10.1. The first-order valence-corrected chi connectivity index (χ1v) is 5.83. The molecule has 2 rings (SSSR count). The van der Waals surface area contributed by atoms with Gasteiger partial charge in [0.2, 0.25) is 0 Å². The van der Waals surface area contributed by atoms with E-state index < -0.39 is 0 Å². The first-order chi connectivity index (χ1) is 7.66. The molecule has 0 heterocycles. The Labute approximate surface area is 103 Å². The van der Waals surface area contributed by atoms with Crippen LogP contribution >= 0.6 is 15.9 Å². The maximum atomic E-state index is 11.1. The van der Waals surface area contributed by atoms with Crippen LogP contribution in [0.2, 0.25) is 0 Å². The van der Waals surface area contributed by atoms with Crippen molar-refractivity contribution in [3.05, 3.63) is 58.6 Å². The predicted molar refractivity (Wildman–Crippen MR) is 69.6 cm³/mol. The molecule has 0 N–H and O–H groups in total. The largest absolute Gasteiger partial charge is 0.295 e. The van der Waals surface area contributed by atoms with Gasteiger partial charge in [0.1, 0.15) is 0 Å². The van der Waals surface area contributed by atoms with Gasteiger partial charge in [-0.2, -0.15) is 0 Å². The average molecular weight is 275 g/mol. The highest BCUT2D eigenvalue weighted by Gasteiger charge is 2.01. The lowest BCUT2D eigenvalue weighted by atomic mass is 10.0. The second kappa shape index (κ2) is 4.62. The molecule has 0 bridgehead atoms. The third kappa shape index (κ3) is 2.39. The topological polar surface area (TPSA) is 17.1 Å². The highest BCUT2D eigenvalue weighted by atomic mass is 79.9. The highest BCUT2D eigenvalue weighted by Crippen LogP contribution is 2.23. The van der Waals surface area contributed by atoms with Crippen molar-refractivity contribution in [1.82, 2.24) is 0 Å². The zero-order chi connectivity index (χ0) is 11.5. The molecule has 0 aromatic heterocycles. The molecule has 2 aromatic rings. The van der Waals surface area contributed by atoms with Gasteiger partial charge >= 0.3 is 0 Å². The lowest BCUT2D eigenvalue weighted by molar-refractivity contribution is 0.101. The van der Waals surface area contributed by atoms with Crippen LogP contribution in [-0.2, 0) is 0 Å². The van der Waals surface area contributed by atoms with Crippen molar-refractivity contribution in [3.8, 4) is 11.1 Å². The number of benzene rings is 2. The van der Waals surface area contributed by atoms with E-state index >= 15 is 0 Å². The fourth-order valence-electron chi connectivity index (χ4n) is 1.57. The van der Waals surface area contributed by atoms with E-state index in [0.717, 1.165) is 21.2 Å². The van der Waals surface area contributed by atoms with Crippen molar-refractivity contribution in [2.75, 3.05) is 0 Å². The fourth-order valence-corrected chi connectivity index (χ4v) is 1.96. The van der Waals surface area contributed by atoms with E-state index in [0.29, 0.717) is 0 Å². The molecule has 0 aliphatic carbocycles. The van der Waals surface area contributed by atoms with Gasteiger partial charge in [0.25, 0.3) is 0 Å². The zero-order valence-electron chi connectivity index (χ0n) is 8.91.